The maximum atomic E-state index is 10.7. The quantitative estimate of drug-likeness (QED) is 0.0596. The average molecular weight is 803 g/mol. The zero-order valence-electron chi connectivity index (χ0n) is 26.3. The molecule has 2 bridgehead atoms. The van der Waals surface area contributed by atoms with E-state index in [1.807, 2.05) is 12.1 Å². The SMILES string of the molecule is C1=CC2C=CC1C2.COc1ccccc1[P@](CC[P@](c1ccccc1)c1ccccc1OC)c1ccccc1.O=S(=O)([O-])C(F)(F)F.[Rh]. The number of hydrogen-bond donors (Lipinski definition) is 0. The van der Waals surface area contributed by atoms with Crippen LogP contribution < -0.4 is 30.7 Å². The molecule has 2 aliphatic carbocycles. The van der Waals surface area contributed by atoms with Gasteiger partial charge in [-0.1, -0.05) is 121 Å². The minimum atomic E-state index is -6.09. The van der Waals surface area contributed by atoms with E-state index in [-0.39, 0.29) is 19.5 Å². The molecule has 4 aromatic rings. The molecule has 0 amide bonds. The van der Waals surface area contributed by atoms with Crippen molar-refractivity contribution in [3.63, 3.8) is 0 Å². The molecule has 6 rings (SSSR count). The summed E-state index contributed by atoms with van der Waals surface area (Å²) in [5.74, 6) is 3.57. The van der Waals surface area contributed by atoms with Gasteiger partial charge in [0.05, 0.1) is 14.2 Å². The van der Waals surface area contributed by atoms with Crippen molar-refractivity contribution >= 4 is 47.2 Å². The topological polar surface area (TPSA) is 75.7 Å². The van der Waals surface area contributed by atoms with Crippen LogP contribution in [0.15, 0.2) is 133 Å². The van der Waals surface area contributed by atoms with Gasteiger partial charge in [-0.3, -0.25) is 0 Å². The van der Waals surface area contributed by atoms with Crippen molar-refractivity contribution in [3.8, 4) is 11.5 Å². The molecular weight excluding hydrogens is 766 g/mol. The van der Waals surface area contributed by atoms with E-state index in [1.54, 1.807) is 14.2 Å². The summed E-state index contributed by atoms with van der Waals surface area (Å²) in [4.78, 5) is 0. The van der Waals surface area contributed by atoms with Crippen LogP contribution in [-0.2, 0) is 29.6 Å². The number of alkyl halides is 3. The molecule has 2 aliphatic rings. The van der Waals surface area contributed by atoms with Gasteiger partial charge in [0.15, 0.2) is 10.1 Å². The van der Waals surface area contributed by atoms with Crippen LogP contribution >= 0.6 is 15.8 Å². The summed E-state index contributed by atoms with van der Waals surface area (Å²) in [6, 6.07) is 38.7. The van der Waals surface area contributed by atoms with Crippen molar-refractivity contribution in [2.24, 2.45) is 11.8 Å². The van der Waals surface area contributed by atoms with Gasteiger partial charge in [-0.15, -0.1) is 0 Å². The monoisotopic (exact) mass is 802 g/mol. The number of hydrogen-bond acceptors (Lipinski definition) is 5. The molecule has 0 saturated carbocycles. The number of rotatable bonds is 9. The van der Waals surface area contributed by atoms with Crippen LogP contribution in [0.3, 0.4) is 0 Å². The Morgan fingerprint density at radius 1 is 0.646 bits per heavy atom. The van der Waals surface area contributed by atoms with Crippen molar-refractivity contribution in [2.45, 2.75) is 11.9 Å². The van der Waals surface area contributed by atoms with Crippen LogP contribution in [0.1, 0.15) is 6.42 Å². The second-order valence-electron chi connectivity index (χ2n) is 10.6. The fourth-order valence-corrected chi connectivity index (χ4v) is 10.8. The second kappa shape index (κ2) is 18.8. The van der Waals surface area contributed by atoms with Crippen LogP contribution in [0, 0.1) is 11.8 Å². The molecule has 0 aliphatic heterocycles. The Morgan fingerprint density at radius 3 is 1.23 bits per heavy atom. The third-order valence-corrected chi connectivity index (χ3v) is 13.5. The molecule has 2 atom stereocenters. The van der Waals surface area contributed by atoms with Gasteiger partial charge in [0.1, 0.15) is 11.5 Å². The largest absolute Gasteiger partial charge is 0.741 e. The predicted octanol–water partition coefficient (Wildman–Crippen LogP) is 7.07. The maximum absolute atomic E-state index is 10.7. The third kappa shape index (κ3) is 11.1. The molecule has 4 aromatic carbocycles. The zero-order chi connectivity index (χ0) is 33.9. The van der Waals surface area contributed by atoms with Gasteiger partial charge in [-0.25, -0.2) is 8.42 Å². The maximum Gasteiger partial charge on any atom is 0.485 e. The first-order valence-corrected chi connectivity index (χ1v) is 19.3. The molecule has 0 unspecified atom stereocenters. The van der Waals surface area contributed by atoms with E-state index in [9.17, 15) is 13.2 Å². The first-order valence-electron chi connectivity index (χ1n) is 14.8. The van der Waals surface area contributed by atoms with E-state index in [0.717, 1.165) is 35.7 Å². The molecule has 1 radical (unpaired) electrons. The fraction of sp³-hybridized carbons (Fsp3) is 0.222. The zero-order valence-corrected chi connectivity index (χ0v) is 30.5. The summed E-state index contributed by atoms with van der Waals surface area (Å²) in [5.41, 5.74) is -5.65. The first kappa shape index (κ1) is 39.6. The minimum absolute atomic E-state index is 0. The Balaban J connectivity index is 0.000000320. The number of para-hydroxylation sites is 2. The van der Waals surface area contributed by atoms with Gasteiger partial charge < -0.3 is 14.0 Å². The Hall–Kier alpha value is -2.86. The van der Waals surface area contributed by atoms with Crippen LogP contribution in [0.5, 0.6) is 11.5 Å². The summed E-state index contributed by atoms with van der Waals surface area (Å²) in [5, 5.41) is 5.38. The summed E-state index contributed by atoms with van der Waals surface area (Å²) < 4.78 is 70.4. The molecule has 0 N–H and O–H groups in total. The average Bonchev–Trinajstić information content (AvgIpc) is 3.74. The van der Waals surface area contributed by atoms with Crippen LogP contribution in [0.4, 0.5) is 13.2 Å². The summed E-state index contributed by atoms with van der Waals surface area (Å²) in [6.45, 7) is 0. The number of halogens is 3. The molecule has 257 valence electrons. The minimum Gasteiger partial charge on any atom is -0.741 e. The van der Waals surface area contributed by atoms with E-state index >= 15 is 0 Å². The standard InChI is InChI=1S/C28H28O2P2.C7H8.CHF3O3S.Rh/c1-29-25-17-9-11-19-27(25)31(23-13-5-3-6-14-23)21-22-32(24-15-7-4-8-16-24)28-20-12-10-18-26(28)30-2;1-2-7-4-3-6(1)5-7;2-1(3,4)8(5,6)7;/h3-20H,21-22H2,1-2H3;1-4,6-7H,5H2;(H,5,6,7);/p-1/t31-,32-;;;/m1.../s1. The molecule has 0 fully saturated rings. The first-order chi connectivity index (χ1) is 22.5. The molecule has 0 heterocycles. The van der Waals surface area contributed by atoms with Crippen LogP contribution in [0.2, 0.25) is 0 Å². The van der Waals surface area contributed by atoms with Gasteiger partial charge in [-0.2, -0.15) is 13.2 Å². The third-order valence-electron chi connectivity index (χ3n) is 7.47. The van der Waals surface area contributed by atoms with Gasteiger partial charge in [-0.05, 0) is 69.2 Å². The Kier molecular flexibility index (Phi) is 15.5. The number of fused-ring (bicyclic) bond motifs is 2. The van der Waals surface area contributed by atoms with E-state index in [0.29, 0.717) is 0 Å². The van der Waals surface area contributed by atoms with Crippen molar-refractivity contribution < 1.29 is 55.1 Å². The van der Waals surface area contributed by atoms with E-state index in [2.05, 4.69) is 121 Å². The fourth-order valence-electron chi connectivity index (χ4n) is 5.23. The van der Waals surface area contributed by atoms with Crippen LogP contribution in [-0.4, -0.2) is 45.0 Å². The molecular formula is C36H36F3O5P2RhS-. The molecule has 0 spiro atoms. The van der Waals surface area contributed by atoms with E-state index in [4.69, 9.17) is 22.4 Å². The number of allylic oxidation sites excluding steroid dienone is 4. The van der Waals surface area contributed by atoms with Gasteiger partial charge >= 0.3 is 5.51 Å². The Bertz CT molecular complexity index is 1620. The van der Waals surface area contributed by atoms with Gasteiger partial charge in [0.2, 0.25) is 0 Å². The van der Waals surface area contributed by atoms with Crippen molar-refractivity contribution in [1.29, 1.82) is 0 Å². The van der Waals surface area contributed by atoms with Gasteiger partial charge in [0.25, 0.3) is 0 Å². The molecule has 0 aromatic heterocycles. The summed E-state index contributed by atoms with van der Waals surface area (Å²) in [7, 11) is -3.66. The van der Waals surface area contributed by atoms with Crippen molar-refractivity contribution in [2.75, 3.05) is 26.5 Å². The molecule has 5 nitrogen and oxygen atoms in total. The number of methoxy groups -OCH3 is 2. The van der Waals surface area contributed by atoms with Crippen molar-refractivity contribution in [1.82, 2.24) is 0 Å². The number of benzene rings is 4. The summed E-state index contributed by atoms with van der Waals surface area (Å²) >= 11 is 0. The molecule has 48 heavy (non-hydrogen) atoms. The number of ether oxygens (including phenoxy) is 2. The Morgan fingerprint density at radius 2 is 0.958 bits per heavy atom. The second-order valence-corrected chi connectivity index (χ2v) is 16.5. The Labute approximate surface area is 296 Å². The van der Waals surface area contributed by atoms with Gasteiger partial charge in [0, 0.05) is 30.1 Å². The molecule has 0 saturated heterocycles. The predicted molar refractivity (Wildman–Crippen MR) is 187 cm³/mol. The normalized spacial score (nSPS) is 17.1. The van der Waals surface area contributed by atoms with Crippen LogP contribution in [0.25, 0.3) is 0 Å². The summed E-state index contributed by atoms with van der Waals surface area (Å²) in [6.07, 6.45) is 12.7. The smallest absolute Gasteiger partial charge is 0.485 e. The van der Waals surface area contributed by atoms with Crippen molar-refractivity contribution in [3.05, 3.63) is 133 Å². The molecule has 12 heteroatoms. The van der Waals surface area contributed by atoms with E-state index < -0.39 is 31.5 Å². The van der Waals surface area contributed by atoms with E-state index in [1.165, 1.54) is 27.6 Å².